The number of hydrogen-bond acceptors (Lipinski definition) is 4. The zero-order valence-electron chi connectivity index (χ0n) is 8.01. The summed E-state index contributed by atoms with van der Waals surface area (Å²) in [6.07, 6.45) is 1.15. The molecule has 0 aromatic carbocycles. The molecule has 1 heterocycles. The molecule has 1 fully saturated rings. The Bertz CT molecular complexity index is 284. The van der Waals surface area contributed by atoms with E-state index >= 15 is 0 Å². The lowest BCUT2D eigenvalue weighted by atomic mass is 9.93. The lowest BCUT2D eigenvalue weighted by Crippen LogP contribution is -2.24. The van der Waals surface area contributed by atoms with Crippen LogP contribution in [-0.2, 0) is 9.53 Å². The Balaban J connectivity index is 2.16. The third-order valence-electron chi connectivity index (χ3n) is 3.04. The second-order valence-electron chi connectivity index (χ2n) is 4.02. The minimum Gasteiger partial charge on any atom is -0.458 e. The van der Waals surface area contributed by atoms with E-state index < -0.39 is 6.10 Å². The van der Waals surface area contributed by atoms with E-state index in [2.05, 4.69) is 0 Å². The molecule has 4 atom stereocenters. The van der Waals surface area contributed by atoms with Gasteiger partial charge < -0.3 is 14.9 Å². The zero-order chi connectivity index (χ0) is 10.3. The van der Waals surface area contributed by atoms with Gasteiger partial charge in [-0.3, -0.25) is 4.79 Å². The van der Waals surface area contributed by atoms with Gasteiger partial charge in [0.25, 0.3) is 0 Å². The normalized spacial score (nSPS) is 37.8. The highest BCUT2D eigenvalue weighted by molar-refractivity contribution is 5.73. The van der Waals surface area contributed by atoms with Gasteiger partial charge in [0.1, 0.15) is 6.10 Å². The number of aliphatic hydroxyl groups excluding tert-OH is 2. The molecule has 1 unspecified atom stereocenters. The molecule has 0 aromatic heterocycles. The lowest BCUT2D eigenvalue weighted by molar-refractivity contribution is -0.140. The van der Waals surface area contributed by atoms with Gasteiger partial charge in [-0.2, -0.15) is 0 Å². The maximum absolute atomic E-state index is 10.9. The molecule has 14 heavy (non-hydrogen) atoms. The van der Waals surface area contributed by atoms with Crippen molar-refractivity contribution >= 4 is 5.97 Å². The van der Waals surface area contributed by atoms with Crippen molar-refractivity contribution in [3.63, 3.8) is 0 Å². The van der Waals surface area contributed by atoms with E-state index in [4.69, 9.17) is 9.84 Å². The highest BCUT2D eigenvalue weighted by Crippen LogP contribution is 2.38. The summed E-state index contributed by atoms with van der Waals surface area (Å²) in [6, 6.07) is 0. The highest BCUT2D eigenvalue weighted by Gasteiger charge is 2.45. The third-order valence-corrected chi connectivity index (χ3v) is 3.04. The Morgan fingerprint density at radius 3 is 3.00 bits per heavy atom. The van der Waals surface area contributed by atoms with Crippen LogP contribution in [0.15, 0.2) is 11.6 Å². The van der Waals surface area contributed by atoms with Gasteiger partial charge in [-0.25, -0.2) is 0 Å². The van der Waals surface area contributed by atoms with Gasteiger partial charge in [0.05, 0.1) is 12.5 Å². The topological polar surface area (TPSA) is 66.8 Å². The van der Waals surface area contributed by atoms with E-state index in [0.29, 0.717) is 0 Å². The van der Waals surface area contributed by atoms with Crippen molar-refractivity contribution in [1.29, 1.82) is 0 Å². The average Bonchev–Trinajstić information content (AvgIpc) is 2.64. The summed E-state index contributed by atoms with van der Waals surface area (Å²) in [6.45, 7) is 1.86. The van der Waals surface area contributed by atoms with Gasteiger partial charge in [-0.15, -0.1) is 0 Å². The molecule has 1 saturated heterocycles. The van der Waals surface area contributed by atoms with E-state index in [1.54, 1.807) is 6.08 Å². The molecular weight excluding hydrogens is 184 g/mol. The van der Waals surface area contributed by atoms with Crippen LogP contribution in [0.4, 0.5) is 0 Å². The molecule has 0 spiro atoms. The molecule has 2 rings (SSSR count). The summed E-state index contributed by atoms with van der Waals surface area (Å²) >= 11 is 0. The summed E-state index contributed by atoms with van der Waals surface area (Å²) in [4.78, 5) is 10.9. The highest BCUT2D eigenvalue weighted by atomic mass is 16.6. The maximum Gasteiger partial charge on any atom is 0.306 e. The largest absolute Gasteiger partial charge is 0.458 e. The minimum absolute atomic E-state index is 0.0102. The number of fused-ring (bicyclic) bond motifs is 1. The summed E-state index contributed by atoms with van der Waals surface area (Å²) in [5, 5.41) is 18.8. The second-order valence-corrected chi connectivity index (χ2v) is 4.02. The van der Waals surface area contributed by atoms with Crippen LogP contribution < -0.4 is 0 Å². The zero-order valence-corrected chi connectivity index (χ0v) is 8.01. The number of esters is 1. The molecule has 2 aliphatic rings. The van der Waals surface area contributed by atoms with Crippen LogP contribution in [0.3, 0.4) is 0 Å². The number of carbonyl (C=O) groups excluding carboxylic acids is 1. The number of rotatable bonds is 2. The Morgan fingerprint density at radius 2 is 2.43 bits per heavy atom. The Hall–Kier alpha value is -0.870. The van der Waals surface area contributed by atoms with E-state index in [1.165, 1.54) is 0 Å². The fraction of sp³-hybridized carbons (Fsp3) is 0.700. The van der Waals surface area contributed by atoms with Gasteiger partial charge in [0, 0.05) is 18.4 Å². The number of carbonyl (C=O) groups is 1. The molecule has 0 bridgehead atoms. The van der Waals surface area contributed by atoms with Crippen molar-refractivity contribution in [2.75, 3.05) is 6.61 Å². The van der Waals surface area contributed by atoms with E-state index in [0.717, 1.165) is 5.57 Å². The molecule has 0 amide bonds. The summed E-state index contributed by atoms with van der Waals surface area (Å²) in [5.74, 6) is -0.438. The average molecular weight is 198 g/mol. The van der Waals surface area contributed by atoms with Crippen LogP contribution in [0.5, 0.6) is 0 Å². The molecule has 1 aliphatic heterocycles. The number of aliphatic hydroxyl groups is 2. The molecule has 78 valence electrons. The molecule has 4 heteroatoms. The lowest BCUT2D eigenvalue weighted by Gasteiger charge is -2.17. The van der Waals surface area contributed by atoms with Crippen LogP contribution in [0, 0.1) is 11.8 Å². The fourth-order valence-corrected chi connectivity index (χ4v) is 2.14. The Morgan fingerprint density at radius 1 is 1.71 bits per heavy atom. The molecule has 2 N–H and O–H groups in total. The molecule has 1 aliphatic carbocycles. The molecule has 0 aromatic rings. The molecular formula is C10H14O4. The van der Waals surface area contributed by atoms with Gasteiger partial charge in [-0.05, 0) is 11.6 Å². The number of hydrogen-bond donors (Lipinski definition) is 2. The van der Waals surface area contributed by atoms with Gasteiger partial charge in [-0.1, -0.05) is 6.92 Å². The van der Waals surface area contributed by atoms with Crippen LogP contribution in [0.25, 0.3) is 0 Å². The van der Waals surface area contributed by atoms with Crippen molar-refractivity contribution < 1.29 is 19.7 Å². The monoisotopic (exact) mass is 198 g/mol. The summed E-state index contributed by atoms with van der Waals surface area (Å²) in [7, 11) is 0. The predicted molar refractivity (Wildman–Crippen MR) is 48.3 cm³/mol. The first-order valence-corrected chi connectivity index (χ1v) is 4.83. The molecule has 4 nitrogen and oxygen atoms in total. The van der Waals surface area contributed by atoms with Gasteiger partial charge in [0.15, 0.2) is 0 Å². The second kappa shape index (κ2) is 3.37. The quantitative estimate of drug-likeness (QED) is 0.478. The van der Waals surface area contributed by atoms with E-state index in [-0.39, 0.29) is 36.9 Å². The van der Waals surface area contributed by atoms with Crippen molar-refractivity contribution in [3.8, 4) is 0 Å². The molecule has 0 radical (unpaired) electrons. The van der Waals surface area contributed by atoms with Gasteiger partial charge >= 0.3 is 5.97 Å². The van der Waals surface area contributed by atoms with Crippen LogP contribution in [0.2, 0.25) is 0 Å². The standard InChI is InChI=1S/C10H14O4/c1-5(4-11)6-2-8-7(10(6)13)3-9(12)14-8/h2,5,7-8,10-11,13H,3-4H2,1H3/t5?,7-,8-,10+/m1/s1. The minimum atomic E-state index is -0.631. The van der Waals surface area contributed by atoms with Crippen molar-refractivity contribution in [2.45, 2.75) is 25.6 Å². The third kappa shape index (κ3) is 1.35. The predicted octanol–water partition coefficient (Wildman–Crippen LogP) is -0.153. The first kappa shape index (κ1) is 9.68. The maximum atomic E-state index is 10.9. The summed E-state index contributed by atoms with van der Waals surface area (Å²) < 4.78 is 5.02. The first-order valence-electron chi connectivity index (χ1n) is 4.83. The smallest absolute Gasteiger partial charge is 0.306 e. The fourth-order valence-electron chi connectivity index (χ4n) is 2.14. The van der Waals surface area contributed by atoms with Crippen molar-refractivity contribution in [3.05, 3.63) is 11.6 Å². The number of ether oxygens (including phenoxy) is 1. The van der Waals surface area contributed by atoms with Crippen molar-refractivity contribution in [2.24, 2.45) is 11.8 Å². The van der Waals surface area contributed by atoms with E-state index in [9.17, 15) is 9.90 Å². The van der Waals surface area contributed by atoms with Crippen LogP contribution in [0.1, 0.15) is 13.3 Å². The van der Waals surface area contributed by atoms with E-state index in [1.807, 2.05) is 6.92 Å². The van der Waals surface area contributed by atoms with Gasteiger partial charge in [0.2, 0.25) is 0 Å². The van der Waals surface area contributed by atoms with Crippen LogP contribution >= 0.6 is 0 Å². The SMILES string of the molecule is CC(CO)C1=C[C@H]2OC(=O)C[C@H]2[C@H]1O. The summed E-state index contributed by atoms with van der Waals surface area (Å²) in [5.41, 5.74) is 0.801. The van der Waals surface area contributed by atoms with Crippen LogP contribution in [-0.4, -0.2) is 35.0 Å². The molecule has 0 saturated carbocycles. The van der Waals surface area contributed by atoms with Crippen molar-refractivity contribution in [1.82, 2.24) is 0 Å². The Labute approximate surface area is 82.2 Å². The Kier molecular flexibility index (Phi) is 2.33. The first-order chi connectivity index (χ1) is 6.63.